The van der Waals surface area contributed by atoms with Gasteiger partial charge >= 0.3 is 6.18 Å². The molecule has 3 aromatic carbocycles. The minimum atomic E-state index is -4.48. The molecule has 0 aliphatic rings. The summed E-state index contributed by atoms with van der Waals surface area (Å²) in [6.07, 6.45) is -4.53. The van der Waals surface area contributed by atoms with Crippen LogP contribution in [0.5, 0.6) is 0 Å². The highest BCUT2D eigenvalue weighted by molar-refractivity contribution is 6.39. The molecule has 0 saturated heterocycles. The topological polar surface area (TPSA) is 41.1 Å². The number of hydrogen-bond acceptors (Lipinski definition) is 2. The standard InChI is InChI=1S/C21H15Cl2F3N2O/c22-16-8-4-9-17(23)20(16)28-18-10-2-1-5-13(18)11-19(29)27-15-7-3-6-14(12-15)21(24,25)26/h1-10,12,28H,11H2,(H,27,29). The van der Waals surface area contributed by atoms with Crippen LogP contribution in [0.25, 0.3) is 0 Å². The molecule has 150 valence electrons. The van der Waals surface area contributed by atoms with Crippen molar-refractivity contribution in [3.8, 4) is 0 Å². The minimum Gasteiger partial charge on any atom is -0.353 e. The van der Waals surface area contributed by atoms with Crippen LogP contribution in [0.4, 0.5) is 30.2 Å². The molecule has 0 radical (unpaired) electrons. The molecule has 3 nitrogen and oxygen atoms in total. The lowest BCUT2D eigenvalue weighted by Gasteiger charge is -2.15. The van der Waals surface area contributed by atoms with Crippen LogP contribution in [-0.2, 0) is 17.4 Å². The highest BCUT2D eigenvalue weighted by Gasteiger charge is 2.30. The first-order valence-corrected chi connectivity index (χ1v) is 9.25. The van der Waals surface area contributed by atoms with E-state index in [0.29, 0.717) is 27.0 Å². The van der Waals surface area contributed by atoms with Crippen molar-refractivity contribution in [1.82, 2.24) is 0 Å². The Hall–Kier alpha value is -2.70. The fourth-order valence-electron chi connectivity index (χ4n) is 2.70. The predicted molar refractivity (Wildman–Crippen MR) is 110 cm³/mol. The van der Waals surface area contributed by atoms with Crippen LogP contribution < -0.4 is 10.6 Å². The first-order chi connectivity index (χ1) is 13.7. The maximum absolute atomic E-state index is 12.8. The van der Waals surface area contributed by atoms with E-state index >= 15 is 0 Å². The van der Waals surface area contributed by atoms with Gasteiger partial charge in [-0.25, -0.2) is 0 Å². The van der Waals surface area contributed by atoms with Gasteiger partial charge in [0.15, 0.2) is 0 Å². The van der Waals surface area contributed by atoms with Gasteiger partial charge in [0, 0.05) is 11.4 Å². The summed E-state index contributed by atoms with van der Waals surface area (Å²) in [5.74, 6) is -0.455. The van der Waals surface area contributed by atoms with Crippen molar-refractivity contribution in [1.29, 1.82) is 0 Å². The summed E-state index contributed by atoms with van der Waals surface area (Å²) >= 11 is 12.4. The third-order valence-electron chi connectivity index (χ3n) is 4.06. The normalized spacial score (nSPS) is 11.2. The predicted octanol–water partition coefficient (Wildman–Crippen LogP) is 6.94. The van der Waals surface area contributed by atoms with E-state index in [0.717, 1.165) is 12.1 Å². The zero-order chi connectivity index (χ0) is 21.0. The van der Waals surface area contributed by atoms with Crippen LogP contribution in [0.2, 0.25) is 10.0 Å². The Labute approximate surface area is 175 Å². The second-order valence-corrected chi connectivity index (χ2v) is 7.00. The summed E-state index contributed by atoms with van der Waals surface area (Å²) in [7, 11) is 0. The van der Waals surface area contributed by atoms with Gasteiger partial charge in [-0.15, -0.1) is 0 Å². The molecule has 0 bridgehead atoms. The summed E-state index contributed by atoms with van der Waals surface area (Å²) in [6.45, 7) is 0. The van der Waals surface area contributed by atoms with Crippen molar-refractivity contribution in [3.63, 3.8) is 0 Å². The van der Waals surface area contributed by atoms with Crippen molar-refractivity contribution in [3.05, 3.63) is 87.9 Å². The zero-order valence-corrected chi connectivity index (χ0v) is 16.4. The van der Waals surface area contributed by atoms with E-state index in [4.69, 9.17) is 23.2 Å². The van der Waals surface area contributed by atoms with Gasteiger partial charge in [0.05, 0.1) is 27.7 Å². The molecule has 0 unspecified atom stereocenters. The lowest BCUT2D eigenvalue weighted by molar-refractivity contribution is -0.137. The number of carbonyl (C=O) groups is 1. The van der Waals surface area contributed by atoms with Crippen LogP contribution in [0, 0.1) is 0 Å². The monoisotopic (exact) mass is 438 g/mol. The molecule has 0 aliphatic heterocycles. The van der Waals surface area contributed by atoms with E-state index in [1.807, 2.05) is 0 Å². The minimum absolute atomic E-state index is 0.0541. The number of benzene rings is 3. The van der Waals surface area contributed by atoms with Crippen LogP contribution in [0.3, 0.4) is 0 Å². The SMILES string of the molecule is O=C(Cc1ccccc1Nc1c(Cl)cccc1Cl)Nc1cccc(C(F)(F)F)c1. The van der Waals surface area contributed by atoms with E-state index in [1.54, 1.807) is 42.5 Å². The highest BCUT2D eigenvalue weighted by atomic mass is 35.5. The number of halogens is 5. The summed E-state index contributed by atoms with van der Waals surface area (Å²) in [5, 5.41) is 6.45. The molecule has 2 N–H and O–H groups in total. The fourth-order valence-corrected chi connectivity index (χ4v) is 3.19. The third-order valence-corrected chi connectivity index (χ3v) is 4.69. The van der Waals surface area contributed by atoms with E-state index in [-0.39, 0.29) is 12.1 Å². The average Bonchev–Trinajstić information content (AvgIpc) is 2.65. The van der Waals surface area contributed by atoms with Gasteiger partial charge < -0.3 is 10.6 Å². The van der Waals surface area contributed by atoms with E-state index in [1.165, 1.54) is 12.1 Å². The number of rotatable bonds is 5. The zero-order valence-electron chi connectivity index (χ0n) is 14.9. The Morgan fingerprint density at radius 3 is 2.24 bits per heavy atom. The smallest absolute Gasteiger partial charge is 0.353 e. The van der Waals surface area contributed by atoms with E-state index in [9.17, 15) is 18.0 Å². The second-order valence-electron chi connectivity index (χ2n) is 6.18. The average molecular weight is 439 g/mol. The van der Waals surface area contributed by atoms with Crippen molar-refractivity contribution in [2.24, 2.45) is 0 Å². The number of nitrogens with one attached hydrogen (secondary N) is 2. The molecule has 0 saturated carbocycles. The first-order valence-electron chi connectivity index (χ1n) is 8.50. The number of carbonyl (C=O) groups excluding carboxylic acids is 1. The molecule has 1 amide bonds. The quantitative estimate of drug-likeness (QED) is 0.452. The third kappa shape index (κ3) is 5.43. The molecule has 0 heterocycles. The van der Waals surface area contributed by atoms with Gasteiger partial charge in [0.25, 0.3) is 0 Å². The summed E-state index contributed by atoms with van der Waals surface area (Å²) in [6, 6.07) is 16.6. The van der Waals surface area contributed by atoms with E-state index < -0.39 is 17.6 Å². The van der Waals surface area contributed by atoms with E-state index in [2.05, 4.69) is 10.6 Å². The lowest BCUT2D eigenvalue weighted by atomic mass is 10.1. The molecule has 0 atom stereocenters. The van der Waals surface area contributed by atoms with Crippen LogP contribution in [0.1, 0.15) is 11.1 Å². The maximum atomic E-state index is 12.8. The van der Waals surface area contributed by atoms with Crippen molar-refractivity contribution in [2.45, 2.75) is 12.6 Å². The molecular formula is C21H15Cl2F3N2O. The van der Waals surface area contributed by atoms with Gasteiger partial charge in [-0.1, -0.05) is 53.5 Å². The molecule has 3 rings (SSSR count). The molecule has 0 fully saturated rings. The number of hydrogen-bond donors (Lipinski definition) is 2. The van der Waals surface area contributed by atoms with Gasteiger partial charge in [-0.05, 0) is 42.0 Å². The Morgan fingerprint density at radius 2 is 1.55 bits per heavy atom. The molecule has 3 aromatic rings. The molecule has 0 aliphatic carbocycles. The second kappa shape index (κ2) is 8.76. The van der Waals surface area contributed by atoms with Crippen LogP contribution in [0.15, 0.2) is 66.7 Å². The molecule has 8 heteroatoms. The van der Waals surface area contributed by atoms with Crippen LogP contribution in [-0.4, -0.2) is 5.91 Å². The van der Waals surface area contributed by atoms with Gasteiger partial charge in [0.1, 0.15) is 0 Å². The lowest BCUT2D eigenvalue weighted by Crippen LogP contribution is -2.16. The highest BCUT2D eigenvalue weighted by Crippen LogP contribution is 2.34. The van der Waals surface area contributed by atoms with Gasteiger partial charge in [-0.2, -0.15) is 13.2 Å². The molecule has 29 heavy (non-hydrogen) atoms. The molecule has 0 spiro atoms. The van der Waals surface area contributed by atoms with Gasteiger partial charge in [-0.3, -0.25) is 4.79 Å². The first kappa shape index (κ1) is 21.0. The Morgan fingerprint density at radius 1 is 0.897 bits per heavy atom. The number of para-hydroxylation sites is 2. The summed E-state index contributed by atoms with van der Waals surface area (Å²) < 4.78 is 38.5. The Bertz CT molecular complexity index is 1020. The van der Waals surface area contributed by atoms with Crippen molar-refractivity contribution in [2.75, 3.05) is 10.6 Å². The number of anilines is 3. The Kier molecular flexibility index (Phi) is 6.35. The summed E-state index contributed by atoms with van der Waals surface area (Å²) in [5.41, 5.74) is 0.992. The summed E-state index contributed by atoms with van der Waals surface area (Å²) in [4.78, 5) is 12.4. The number of alkyl halides is 3. The number of amides is 1. The maximum Gasteiger partial charge on any atom is 0.416 e. The van der Waals surface area contributed by atoms with Crippen molar-refractivity contribution < 1.29 is 18.0 Å². The van der Waals surface area contributed by atoms with Gasteiger partial charge in [0.2, 0.25) is 5.91 Å². The van der Waals surface area contributed by atoms with Crippen molar-refractivity contribution >= 4 is 46.2 Å². The Balaban J connectivity index is 1.77. The van der Waals surface area contributed by atoms with Crippen LogP contribution >= 0.6 is 23.2 Å². The molecule has 0 aromatic heterocycles. The largest absolute Gasteiger partial charge is 0.416 e. The molecular weight excluding hydrogens is 424 g/mol. The fraction of sp³-hybridized carbons (Fsp3) is 0.0952.